The van der Waals surface area contributed by atoms with E-state index in [0.29, 0.717) is 30.9 Å². The molecular formula is C13H11Cl2FOS. The molecule has 0 amide bonds. The van der Waals surface area contributed by atoms with Crippen molar-refractivity contribution >= 4 is 34.5 Å². The number of benzene rings is 1. The molecule has 0 aliphatic rings. The van der Waals surface area contributed by atoms with Gasteiger partial charge in [-0.05, 0) is 48.7 Å². The quantitative estimate of drug-likeness (QED) is 0.837. The molecule has 0 radical (unpaired) electrons. The van der Waals surface area contributed by atoms with Crippen LogP contribution in [0.5, 0.6) is 0 Å². The Morgan fingerprint density at radius 3 is 2.17 bits per heavy atom. The van der Waals surface area contributed by atoms with Gasteiger partial charge in [0.1, 0.15) is 16.3 Å². The van der Waals surface area contributed by atoms with Gasteiger partial charge in [-0.2, -0.15) is 0 Å². The second-order valence-corrected chi connectivity index (χ2v) is 6.42. The van der Waals surface area contributed by atoms with E-state index < -0.39 is 6.10 Å². The second kappa shape index (κ2) is 5.17. The highest BCUT2D eigenvalue weighted by atomic mass is 35.5. The van der Waals surface area contributed by atoms with Crippen LogP contribution in [-0.4, -0.2) is 5.11 Å². The number of hydrogen-bond acceptors (Lipinski definition) is 2. The molecule has 1 heterocycles. The first kappa shape index (κ1) is 13.8. The minimum Gasteiger partial charge on any atom is -0.384 e. The van der Waals surface area contributed by atoms with Crippen LogP contribution in [0.4, 0.5) is 4.39 Å². The topological polar surface area (TPSA) is 20.2 Å². The summed E-state index contributed by atoms with van der Waals surface area (Å²) in [6, 6.07) is 4.43. The molecule has 1 aromatic carbocycles. The molecule has 96 valence electrons. The van der Waals surface area contributed by atoms with E-state index in [0.717, 1.165) is 0 Å². The molecule has 0 spiro atoms. The summed E-state index contributed by atoms with van der Waals surface area (Å²) in [7, 11) is 0. The highest BCUT2D eigenvalue weighted by Gasteiger charge is 2.20. The molecule has 1 N–H and O–H groups in total. The molecule has 1 nitrogen and oxygen atoms in total. The standard InChI is InChI=1S/C13H11Cl2FOS/c1-6-3-8(16)4-7(2)11(6)12(17)9-5-10(14)18-13(9)15/h3-5,12,17H,1-2H3. The van der Waals surface area contributed by atoms with Crippen molar-refractivity contribution in [2.75, 3.05) is 0 Å². The number of aryl methyl sites for hydroxylation is 2. The van der Waals surface area contributed by atoms with E-state index >= 15 is 0 Å². The average Bonchev–Trinajstić information content (AvgIpc) is 2.56. The van der Waals surface area contributed by atoms with Crippen molar-refractivity contribution in [2.24, 2.45) is 0 Å². The van der Waals surface area contributed by atoms with Gasteiger partial charge in [0.05, 0.1) is 4.34 Å². The van der Waals surface area contributed by atoms with E-state index in [4.69, 9.17) is 23.2 Å². The first-order chi connectivity index (χ1) is 8.40. The maximum Gasteiger partial charge on any atom is 0.123 e. The highest BCUT2D eigenvalue weighted by molar-refractivity contribution is 7.20. The Kier molecular flexibility index (Phi) is 3.97. The third-order valence-corrected chi connectivity index (χ3v) is 4.33. The van der Waals surface area contributed by atoms with Crippen molar-refractivity contribution in [1.82, 2.24) is 0 Å². The molecule has 2 rings (SSSR count). The molecule has 0 bridgehead atoms. The van der Waals surface area contributed by atoms with Gasteiger partial charge in [-0.3, -0.25) is 0 Å². The van der Waals surface area contributed by atoms with Crippen LogP contribution in [0.15, 0.2) is 18.2 Å². The summed E-state index contributed by atoms with van der Waals surface area (Å²) in [6.07, 6.45) is -0.887. The molecular weight excluding hydrogens is 294 g/mol. The van der Waals surface area contributed by atoms with Gasteiger partial charge in [-0.25, -0.2) is 4.39 Å². The Morgan fingerprint density at radius 1 is 1.17 bits per heavy atom. The number of aliphatic hydroxyl groups is 1. The van der Waals surface area contributed by atoms with Crippen LogP contribution in [-0.2, 0) is 0 Å². The lowest BCUT2D eigenvalue weighted by molar-refractivity contribution is 0.219. The van der Waals surface area contributed by atoms with Gasteiger partial charge in [-0.15, -0.1) is 11.3 Å². The largest absolute Gasteiger partial charge is 0.384 e. The van der Waals surface area contributed by atoms with Gasteiger partial charge in [0.15, 0.2) is 0 Å². The van der Waals surface area contributed by atoms with E-state index in [2.05, 4.69) is 0 Å². The predicted molar refractivity (Wildman–Crippen MR) is 74.3 cm³/mol. The van der Waals surface area contributed by atoms with Gasteiger partial charge < -0.3 is 5.11 Å². The Hall–Kier alpha value is -0.610. The fourth-order valence-corrected chi connectivity index (χ4v) is 3.57. The summed E-state index contributed by atoms with van der Waals surface area (Å²) in [4.78, 5) is 0. The zero-order chi connectivity index (χ0) is 13.4. The predicted octanol–water partition coefficient (Wildman–Crippen LogP) is 4.89. The summed E-state index contributed by atoms with van der Waals surface area (Å²) in [5.41, 5.74) is 2.62. The van der Waals surface area contributed by atoms with Crippen LogP contribution in [0, 0.1) is 19.7 Å². The first-order valence-corrected chi connectivity index (χ1v) is 6.87. The zero-order valence-electron chi connectivity index (χ0n) is 9.80. The molecule has 5 heteroatoms. The Labute approximate surface area is 119 Å². The molecule has 1 atom stereocenters. The van der Waals surface area contributed by atoms with E-state index in [1.54, 1.807) is 19.9 Å². The van der Waals surface area contributed by atoms with Crippen LogP contribution >= 0.6 is 34.5 Å². The number of thiophene rings is 1. The minimum atomic E-state index is -0.887. The minimum absolute atomic E-state index is 0.310. The Balaban J connectivity index is 2.52. The maximum absolute atomic E-state index is 13.2. The van der Waals surface area contributed by atoms with E-state index in [-0.39, 0.29) is 5.82 Å². The zero-order valence-corrected chi connectivity index (χ0v) is 12.1. The number of aliphatic hydroxyl groups excluding tert-OH is 1. The third-order valence-electron chi connectivity index (χ3n) is 2.81. The molecule has 0 aliphatic carbocycles. The van der Waals surface area contributed by atoms with Crippen molar-refractivity contribution in [3.8, 4) is 0 Å². The van der Waals surface area contributed by atoms with Crippen LogP contribution in [0.25, 0.3) is 0 Å². The van der Waals surface area contributed by atoms with Crippen LogP contribution in [0.3, 0.4) is 0 Å². The lowest BCUT2D eigenvalue weighted by Gasteiger charge is -2.16. The number of rotatable bonds is 2. The lowest BCUT2D eigenvalue weighted by Crippen LogP contribution is -2.04. The maximum atomic E-state index is 13.2. The van der Waals surface area contributed by atoms with Crippen LogP contribution < -0.4 is 0 Å². The first-order valence-electron chi connectivity index (χ1n) is 5.29. The molecule has 1 aromatic heterocycles. The molecule has 2 aromatic rings. The van der Waals surface area contributed by atoms with Gasteiger partial charge in [0.2, 0.25) is 0 Å². The van der Waals surface area contributed by atoms with E-state index in [9.17, 15) is 9.50 Å². The average molecular weight is 305 g/mol. The summed E-state index contributed by atoms with van der Waals surface area (Å²) in [5.74, 6) is -0.310. The Morgan fingerprint density at radius 2 is 1.72 bits per heavy atom. The van der Waals surface area contributed by atoms with Gasteiger partial charge in [-0.1, -0.05) is 23.2 Å². The fourth-order valence-electron chi connectivity index (χ4n) is 2.05. The van der Waals surface area contributed by atoms with Crippen molar-refractivity contribution in [2.45, 2.75) is 20.0 Å². The van der Waals surface area contributed by atoms with E-state index in [1.165, 1.54) is 23.5 Å². The number of halogens is 3. The monoisotopic (exact) mass is 304 g/mol. The molecule has 0 saturated heterocycles. The Bertz CT molecular complexity index is 572. The third kappa shape index (κ3) is 2.54. The van der Waals surface area contributed by atoms with Crippen LogP contribution in [0.2, 0.25) is 8.67 Å². The normalized spacial score (nSPS) is 12.8. The van der Waals surface area contributed by atoms with Gasteiger partial charge >= 0.3 is 0 Å². The molecule has 0 saturated carbocycles. The van der Waals surface area contributed by atoms with Crippen molar-refractivity contribution in [3.05, 3.63) is 54.9 Å². The summed E-state index contributed by atoms with van der Waals surface area (Å²) in [6.45, 7) is 3.52. The lowest BCUT2D eigenvalue weighted by atomic mass is 9.94. The molecule has 0 aliphatic heterocycles. The van der Waals surface area contributed by atoms with Crippen LogP contribution in [0.1, 0.15) is 28.4 Å². The van der Waals surface area contributed by atoms with Gasteiger partial charge in [0, 0.05) is 5.56 Å². The highest BCUT2D eigenvalue weighted by Crippen LogP contribution is 2.39. The summed E-state index contributed by atoms with van der Waals surface area (Å²) >= 11 is 13.1. The molecule has 1 unspecified atom stereocenters. The van der Waals surface area contributed by atoms with Crippen molar-refractivity contribution in [1.29, 1.82) is 0 Å². The van der Waals surface area contributed by atoms with E-state index in [1.807, 2.05) is 0 Å². The summed E-state index contributed by atoms with van der Waals surface area (Å²) < 4.78 is 14.2. The van der Waals surface area contributed by atoms with Gasteiger partial charge in [0.25, 0.3) is 0 Å². The van der Waals surface area contributed by atoms with Crippen molar-refractivity contribution < 1.29 is 9.50 Å². The fraction of sp³-hybridized carbons (Fsp3) is 0.231. The second-order valence-electron chi connectivity index (χ2n) is 4.14. The SMILES string of the molecule is Cc1cc(F)cc(C)c1C(O)c1cc(Cl)sc1Cl. The van der Waals surface area contributed by atoms with Crippen molar-refractivity contribution in [3.63, 3.8) is 0 Å². The molecule has 0 fully saturated rings. The smallest absolute Gasteiger partial charge is 0.123 e. The molecule has 18 heavy (non-hydrogen) atoms. The summed E-state index contributed by atoms with van der Waals surface area (Å²) in [5, 5.41) is 10.4. The number of hydrogen-bond donors (Lipinski definition) is 1.